The molecule has 2 rings (SSSR count). The van der Waals surface area contributed by atoms with Crippen LogP contribution in [0.25, 0.3) is 16.3 Å². The van der Waals surface area contributed by atoms with E-state index in [-0.39, 0.29) is 0 Å². The number of nitrogens with zero attached hydrogens (tertiary/aromatic N) is 1. The minimum atomic E-state index is 0.680. The lowest BCUT2D eigenvalue weighted by Gasteiger charge is -1.92. The molecule has 0 aliphatic heterocycles. The Morgan fingerprint density at radius 3 is 3.21 bits per heavy atom. The molecule has 0 fully saturated rings. The van der Waals surface area contributed by atoms with Crippen LogP contribution in [0.2, 0.25) is 0 Å². The molecule has 0 atom stereocenters. The predicted molar refractivity (Wildman–Crippen MR) is 64.0 cm³/mol. The molecule has 0 saturated carbocycles. The molecule has 1 aromatic carbocycles. The van der Waals surface area contributed by atoms with Crippen LogP contribution in [-0.2, 0) is 0 Å². The first-order chi connectivity index (χ1) is 6.90. The molecular weight excluding hydrogens is 214 g/mol. The molecule has 0 unspecified atom stereocenters. The minimum absolute atomic E-state index is 0.680. The Morgan fingerprint density at radius 1 is 1.43 bits per heavy atom. The van der Waals surface area contributed by atoms with E-state index in [1.807, 2.05) is 11.6 Å². The lowest BCUT2D eigenvalue weighted by atomic mass is 10.2. The maximum absolute atomic E-state index is 5.59. The molecule has 0 bridgehead atoms. The van der Waals surface area contributed by atoms with Gasteiger partial charge in [0.05, 0.1) is 15.7 Å². The van der Waals surface area contributed by atoms with Crippen LogP contribution in [0.5, 0.6) is 0 Å². The maximum Gasteiger partial charge on any atom is 0.0812 e. The van der Waals surface area contributed by atoms with Gasteiger partial charge in [0.15, 0.2) is 0 Å². The molecule has 0 aliphatic rings. The standard InChI is InChI=1S/C11H10ClNS/c12-6-2-1-3-9-4-5-10-11(7-9)14-8-13-10/h1,3-5,7-8H,2,6H2. The topological polar surface area (TPSA) is 12.9 Å². The number of alkyl halides is 1. The zero-order valence-corrected chi connectivity index (χ0v) is 9.18. The number of thiazole rings is 1. The Balaban J connectivity index is 2.25. The van der Waals surface area contributed by atoms with Crippen LogP contribution in [0.4, 0.5) is 0 Å². The van der Waals surface area contributed by atoms with Crippen molar-refractivity contribution in [3.05, 3.63) is 35.3 Å². The Labute approximate surface area is 92.0 Å². The highest BCUT2D eigenvalue weighted by Crippen LogP contribution is 2.19. The van der Waals surface area contributed by atoms with Crippen LogP contribution in [0.15, 0.2) is 29.8 Å². The van der Waals surface area contributed by atoms with Gasteiger partial charge in [-0.25, -0.2) is 4.98 Å². The lowest BCUT2D eigenvalue weighted by Crippen LogP contribution is -1.72. The summed E-state index contributed by atoms with van der Waals surface area (Å²) in [7, 11) is 0. The number of rotatable bonds is 3. The molecule has 14 heavy (non-hydrogen) atoms. The van der Waals surface area contributed by atoms with Gasteiger partial charge in [0, 0.05) is 5.88 Å². The Hall–Kier alpha value is -0.860. The highest BCUT2D eigenvalue weighted by molar-refractivity contribution is 7.16. The van der Waals surface area contributed by atoms with Gasteiger partial charge in [-0.2, -0.15) is 0 Å². The van der Waals surface area contributed by atoms with Gasteiger partial charge in [0.25, 0.3) is 0 Å². The number of aromatic nitrogens is 1. The SMILES string of the molecule is ClCCC=Cc1ccc2ncsc2c1. The van der Waals surface area contributed by atoms with E-state index in [4.69, 9.17) is 11.6 Å². The van der Waals surface area contributed by atoms with Gasteiger partial charge in [-0.15, -0.1) is 22.9 Å². The third-order valence-electron chi connectivity index (χ3n) is 1.94. The van der Waals surface area contributed by atoms with Crippen molar-refractivity contribution >= 4 is 39.2 Å². The number of hydrogen-bond donors (Lipinski definition) is 0. The predicted octanol–water partition coefficient (Wildman–Crippen LogP) is 3.94. The zero-order valence-electron chi connectivity index (χ0n) is 7.61. The molecule has 3 heteroatoms. The second kappa shape index (κ2) is 4.58. The summed E-state index contributed by atoms with van der Waals surface area (Å²) in [6, 6.07) is 6.27. The van der Waals surface area contributed by atoms with E-state index in [1.165, 1.54) is 10.3 Å². The maximum atomic E-state index is 5.59. The van der Waals surface area contributed by atoms with Crippen LogP contribution in [0.3, 0.4) is 0 Å². The number of halogens is 1. The van der Waals surface area contributed by atoms with Crippen molar-refractivity contribution < 1.29 is 0 Å². The van der Waals surface area contributed by atoms with Crippen LogP contribution >= 0.6 is 22.9 Å². The number of allylic oxidation sites excluding steroid dienone is 1. The van der Waals surface area contributed by atoms with Crippen molar-refractivity contribution in [2.24, 2.45) is 0 Å². The first-order valence-corrected chi connectivity index (χ1v) is 5.87. The molecule has 0 aliphatic carbocycles. The second-order valence-corrected chi connectivity index (χ2v) is 4.22. The van der Waals surface area contributed by atoms with Crippen molar-refractivity contribution in [3.8, 4) is 0 Å². The first-order valence-electron chi connectivity index (χ1n) is 4.46. The summed E-state index contributed by atoms with van der Waals surface area (Å²) in [4.78, 5) is 4.23. The molecule has 0 saturated heterocycles. The second-order valence-electron chi connectivity index (χ2n) is 2.96. The number of fused-ring (bicyclic) bond motifs is 1. The Morgan fingerprint density at radius 2 is 2.36 bits per heavy atom. The minimum Gasteiger partial charge on any atom is -0.245 e. The van der Waals surface area contributed by atoms with Crippen LogP contribution in [0.1, 0.15) is 12.0 Å². The van der Waals surface area contributed by atoms with E-state index in [0.29, 0.717) is 5.88 Å². The van der Waals surface area contributed by atoms with Crippen LogP contribution in [0, 0.1) is 0 Å². The lowest BCUT2D eigenvalue weighted by molar-refractivity contribution is 1.24. The molecule has 0 N–H and O–H groups in total. The third-order valence-corrected chi connectivity index (χ3v) is 2.95. The summed E-state index contributed by atoms with van der Waals surface area (Å²) in [5, 5.41) is 0. The first kappa shape index (κ1) is 9.69. The van der Waals surface area contributed by atoms with E-state index in [2.05, 4.69) is 29.3 Å². The van der Waals surface area contributed by atoms with E-state index in [9.17, 15) is 0 Å². The van der Waals surface area contributed by atoms with Gasteiger partial charge in [-0.1, -0.05) is 18.2 Å². The van der Waals surface area contributed by atoms with Crippen molar-refractivity contribution in [1.29, 1.82) is 0 Å². The molecule has 0 radical (unpaired) electrons. The molecule has 1 nitrogen and oxygen atoms in total. The van der Waals surface area contributed by atoms with Gasteiger partial charge >= 0.3 is 0 Å². The zero-order chi connectivity index (χ0) is 9.80. The molecule has 1 heterocycles. The summed E-state index contributed by atoms with van der Waals surface area (Å²) in [6.45, 7) is 0. The summed E-state index contributed by atoms with van der Waals surface area (Å²) in [6.07, 6.45) is 5.11. The highest BCUT2D eigenvalue weighted by atomic mass is 35.5. The fourth-order valence-corrected chi connectivity index (χ4v) is 2.11. The van der Waals surface area contributed by atoms with Crippen molar-refractivity contribution in [2.45, 2.75) is 6.42 Å². The summed E-state index contributed by atoms with van der Waals surface area (Å²) >= 11 is 7.26. The van der Waals surface area contributed by atoms with Gasteiger partial charge in [-0.3, -0.25) is 0 Å². The highest BCUT2D eigenvalue weighted by Gasteiger charge is 1.95. The normalized spacial score (nSPS) is 11.5. The smallest absolute Gasteiger partial charge is 0.0812 e. The van der Waals surface area contributed by atoms with Crippen molar-refractivity contribution in [1.82, 2.24) is 4.98 Å². The quantitative estimate of drug-likeness (QED) is 0.719. The van der Waals surface area contributed by atoms with E-state index >= 15 is 0 Å². The summed E-state index contributed by atoms with van der Waals surface area (Å²) in [5.74, 6) is 0.680. The van der Waals surface area contributed by atoms with E-state index < -0.39 is 0 Å². The summed E-state index contributed by atoms with van der Waals surface area (Å²) in [5.41, 5.74) is 4.16. The molecule has 0 amide bonds. The molecule has 0 spiro atoms. The average Bonchev–Trinajstić information content (AvgIpc) is 2.65. The fraction of sp³-hybridized carbons (Fsp3) is 0.182. The van der Waals surface area contributed by atoms with Crippen molar-refractivity contribution in [2.75, 3.05) is 5.88 Å². The van der Waals surface area contributed by atoms with Gasteiger partial charge in [0.1, 0.15) is 0 Å². The largest absolute Gasteiger partial charge is 0.245 e. The molecule has 2 aromatic rings. The summed E-state index contributed by atoms with van der Waals surface area (Å²) < 4.78 is 1.23. The molecule has 1 aromatic heterocycles. The van der Waals surface area contributed by atoms with Crippen LogP contribution in [-0.4, -0.2) is 10.9 Å². The number of hydrogen-bond acceptors (Lipinski definition) is 2. The van der Waals surface area contributed by atoms with Crippen LogP contribution < -0.4 is 0 Å². The van der Waals surface area contributed by atoms with Crippen molar-refractivity contribution in [3.63, 3.8) is 0 Å². The fourth-order valence-electron chi connectivity index (χ4n) is 1.26. The third kappa shape index (κ3) is 2.14. The molecular formula is C11H10ClNS. The van der Waals surface area contributed by atoms with Gasteiger partial charge in [0.2, 0.25) is 0 Å². The van der Waals surface area contributed by atoms with E-state index in [1.54, 1.807) is 11.3 Å². The Bertz CT molecular complexity index is 447. The van der Waals surface area contributed by atoms with Gasteiger partial charge in [-0.05, 0) is 24.1 Å². The average molecular weight is 224 g/mol. The Kier molecular flexibility index (Phi) is 3.17. The van der Waals surface area contributed by atoms with Gasteiger partial charge < -0.3 is 0 Å². The number of benzene rings is 1. The molecule has 72 valence electrons. The monoisotopic (exact) mass is 223 g/mol. The van der Waals surface area contributed by atoms with E-state index in [0.717, 1.165) is 11.9 Å².